The zero-order valence-electron chi connectivity index (χ0n) is 4.28. The lowest BCUT2D eigenvalue weighted by Gasteiger charge is -2.30. The molecule has 40 valence electrons. The Morgan fingerprint density at radius 3 is 2.43 bits per heavy atom. The first-order valence-corrected chi connectivity index (χ1v) is 2.91. The standard InChI is InChI=1S/C5H10N2/c1-4-2-7-5(4)3-6-1/h4-7H,1-3H2/t4-,5+/m0/s1. The highest BCUT2D eigenvalue weighted by Gasteiger charge is 2.33. The van der Waals surface area contributed by atoms with Gasteiger partial charge in [-0.3, -0.25) is 0 Å². The van der Waals surface area contributed by atoms with Crippen molar-refractivity contribution >= 4 is 0 Å². The lowest BCUT2D eigenvalue weighted by Crippen LogP contribution is -2.51. The zero-order chi connectivity index (χ0) is 4.69. The summed E-state index contributed by atoms with van der Waals surface area (Å²) in [5, 5.41) is 6.67. The fourth-order valence-corrected chi connectivity index (χ4v) is 1.33. The van der Waals surface area contributed by atoms with Crippen molar-refractivity contribution in [3.05, 3.63) is 0 Å². The highest BCUT2D eigenvalue weighted by atomic mass is 15.1. The average Bonchev–Trinajstić information content (AvgIpc) is 1.85. The van der Waals surface area contributed by atoms with Gasteiger partial charge in [-0.15, -0.1) is 0 Å². The third-order valence-electron chi connectivity index (χ3n) is 1.98. The van der Waals surface area contributed by atoms with Crippen molar-refractivity contribution in [1.29, 1.82) is 0 Å². The number of hydrogen-bond acceptors (Lipinski definition) is 2. The van der Waals surface area contributed by atoms with Crippen molar-refractivity contribution in [2.45, 2.75) is 6.04 Å². The van der Waals surface area contributed by atoms with Gasteiger partial charge in [0.05, 0.1) is 0 Å². The predicted octanol–water partition coefficient (Wildman–Crippen LogP) is -0.822. The molecule has 2 aliphatic rings. The van der Waals surface area contributed by atoms with Gasteiger partial charge in [-0.1, -0.05) is 0 Å². The molecule has 2 aliphatic heterocycles. The summed E-state index contributed by atoms with van der Waals surface area (Å²) in [6.45, 7) is 3.69. The second-order valence-electron chi connectivity index (χ2n) is 2.43. The molecule has 0 bridgehead atoms. The molecule has 2 atom stereocenters. The van der Waals surface area contributed by atoms with Crippen LogP contribution in [-0.4, -0.2) is 25.7 Å². The number of fused-ring (bicyclic) bond motifs is 1. The van der Waals surface area contributed by atoms with Gasteiger partial charge in [0.1, 0.15) is 0 Å². The first kappa shape index (κ1) is 3.87. The third-order valence-corrected chi connectivity index (χ3v) is 1.98. The van der Waals surface area contributed by atoms with Gasteiger partial charge >= 0.3 is 0 Å². The molecule has 0 unspecified atom stereocenters. The van der Waals surface area contributed by atoms with Crippen LogP contribution >= 0.6 is 0 Å². The molecule has 2 rings (SSSR count). The van der Waals surface area contributed by atoms with E-state index >= 15 is 0 Å². The van der Waals surface area contributed by atoms with E-state index in [4.69, 9.17) is 0 Å². The van der Waals surface area contributed by atoms with Crippen molar-refractivity contribution < 1.29 is 0 Å². The van der Waals surface area contributed by atoms with Crippen molar-refractivity contribution in [2.24, 2.45) is 5.92 Å². The second kappa shape index (κ2) is 1.20. The van der Waals surface area contributed by atoms with Crippen molar-refractivity contribution in [1.82, 2.24) is 10.6 Å². The smallest absolute Gasteiger partial charge is 0.0245 e. The summed E-state index contributed by atoms with van der Waals surface area (Å²) in [5.41, 5.74) is 0. The summed E-state index contributed by atoms with van der Waals surface area (Å²) >= 11 is 0. The molecule has 2 N–H and O–H groups in total. The summed E-state index contributed by atoms with van der Waals surface area (Å²) in [6.07, 6.45) is 0. The second-order valence-corrected chi connectivity index (χ2v) is 2.43. The normalized spacial score (nSPS) is 48.0. The van der Waals surface area contributed by atoms with E-state index in [2.05, 4.69) is 10.6 Å². The van der Waals surface area contributed by atoms with Gasteiger partial charge < -0.3 is 10.6 Å². The fraction of sp³-hybridized carbons (Fsp3) is 1.00. The van der Waals surface area contributed by atoms with Crippen LogP contribution in [0.4, 0.5) is 0 Å². The van der Waals surface area contributed by atoms with E-state index < -0.39 is 0 Å². The first-order valence-electron chi connectivity index (χ1n) is 2.91. The van der Waals surface area contributed by atoms with E-state index in [1.54, 1.807) is 0 Å². The molecule has 0 aromatic rings. The molecule has 0 saturated carbocycles. The maximum absolute atomic E-state index is 3.34. The molecule has 0 spiro atoms. The molecule has 0 amide bonds. The minimum Gasteiger partial charge on any atom is -0.315 e. The van der Waals surface area contributed by atoms with Crippen molar-refractivity contribution in [3.8, 4) is 0 Å². The maximum Gasteiger partial charge on any atom is 0.0245 e. The molecular formula is C5H10N2. The Bertz CT molecular complexity index is 72.1. The fourth-order valence-electron chi connectivity index (χ4n) is 1.33. The van der Waals surface area contributed by atoms with Gasteiger partial charge in [0, 0.05) is 31.6 Å². The molecule has 0 aromatic heterocycles. The molecule has 0 radical (unpaired) electrons. The van der Waals surface area contributed by atoms with Crippen LogP contribution in [0.25, 0.3) is 0 Å². The average molecular weight is 98.1 g/mol. The summed E-state index contributed by atoms with van der Waals surface area (Å²) < 4.78 is 0. The Morgan fingerprint density at radius 2 is 2.14 bits per heavy atom. The van der Waals surface area contributed by atoms with Gasteiger partial charge in [-0.05, 0) is 0 Å². The topological polar surface area (TPSA) is 24.1 Å². The van der Waals surface area contributed by atoms with E-state index in [1.807, 2.05) is 0 Å². The van der Waals surface area contributed by atoms with Crippen molar-refractivity contribution in [3.63, 3.8) is 0 Å². The summed E-state index contributed by atoms with van der Waals surface area (Å²) in [7, 11) is 0. The van der Waals surface area contributed by atoms with Crippen LogP contribution in [0, 0.1) is 5.92 Å². The van der Waals surface area contributed by atoms with Gasteiger partial charge in [0.25, 0.3) is 0 Å². The Balaban J connectivity index is 2.03. The lowest BCUT2D eigenvalue weighted by atomic mass is 9.96. The van der Waals surface area contributed by atoms with Crippen LogP contribution in [0.2, 0.25) is 0 Å². The van der Waals surface area contributed by atoms with Crippen molar-refractivity contribution in [2.75, 3.05) is 19.6 Å². The molecule has 0 aliphatic carbocycles. The molecule has 2 fully saturated rings. The van der Waals surface area contributed by atoms with Crippen LogP contribution in [-0.2, 0) is 0 Å². The Kier molecular flexibility index (Phi) is 0.664. The molecular weight excluding hydrogens is 88.1 g/mol. The molecule has 7 heavy (non-hydrogen) atoms. The van der Waals surface area contributed by atoms with E-state index in [1.165, 1.54) is 19.6 Å². The first-order chi connectivity index (χ1) is 3.47. The Morgan fingerprint density at radius 1 is 1.14 bits per heavy atom. The molecule has 2 saturated heterocycles. The van der Waals surface area contributed by atoms with E-state index in [0.717, 1.165) is 12.0 Å². The number of rotatable bonds is 0. The molecule has 2 heterocycles. The van der Waals surface area contributed by atoms with Crippen LogP contribution in [0.3, 0.4) is 0 Å². The minimum absolute atomic E-state index is 0.833. The third kappa shape index (κ3) is 0.409. The van der Waals surface area contributed by atoms with Crippen LogP contribution in [0.5, 0.6) is 0 Å². The number of nitrogens with one attached hydrogen (secondary N) is 2. The van der Waals surface area contributed by atoms with Crippen LogP contribution in [0.15, 0.2) is 0 Å². The molecule has 2 nitrogen and oxygen atoms in total. The highest BCUT2D eigenvalue weighted by Crippen LogP contribution is 2.15. The summed E-state index contributed by atoms with van der Waals surface area (Å²) in [6, 6.07) is 0.833. The Hall–Kier alpha value is -0.0800. The zero-order valence-corrected chi connectivity index (χ0v) is 4.28. The van der Waals surface area contributed by atoms with Gasteiger partial charge in [0.2, 0.25) is 0 Å². The highest BCUT2D eigenvalue weighted by molar-refractivity contribution is 4.95. The lowest BCUT2D eigenvalue weighted by molar-refractivity contribution is 0.297. The van der Waals surface area contributed by atoms with Crippen LogP contribution in [0.1, 0.15) is 0 Å². The van der Waals surface area contributed by atoms with E-state index in [0.29, 0.717) is 0 Å². The van der Waals surface area contributed by atoms with Gasteiger partial charge in [-0.2, -0.15) is 0 Å². The summed E-state index contributed by atoms with van der Waals surface area (Å²) in [4.78, 5) is 0. The number of hydrogen-bond donors (Lipinski definition) is 2. The minimum atomic E-state index is 0.833. The largest absolute Gasteiger partial charge is 0.315 e. The van der Waals surface area contributed by atoms with Gasteiger partial charge in [-0.25, -0.2) is 0 Å². The van der Waals surface area contributed by atoms with E-state index in [9.17, 15) is 0 Å². The monoisotopic (exact) mass is 98.1 g/mol. The molecule has 0 aromatic carbocycles. The van der Waals surface area contributed by atoms with Crippen LogP contribution < -0.4 is 10.6 Å². The van der Waals surface area contributed by atoms with Gasteiger partial charge in [0.15, 0.2) is 0 Å². The van der Waals surface area contributed by atoms with E-state index in [-0.39, 0.29) is 0 Å². The predicted molar refractivity (Wildman–Crippen MR) is 28.2 cm³/mol. The maximum atomic E-state index is 3.34. The SMILES string of the molecule is C1NC[C@H]2NC[C@H]12. The Labute approximate surface area is 43.3 Å². The molecule has 2 heteroatoms. The summed E-state index contributed by atoms with van der Waals surface area (Å²) in [5.74, 6) is 0.972. The quantitative estimate of drug-likeness (QED) is 0.413.